The zero-order valence-electron chi connectivity index (χ0n) is 9.18. The molecule has 0 aromatic heterocycles. The number of thioether (sulfide) groups is 1. The summed E-state index contributed by atoms with van der Waals surface area (Å²) in [6.45, 7) is 0.938. The molecule has 1 unspecified atom stereocenters. The van der Waals surface area contributed by atoms with Crippen LogP contribution in [-0.4, -0.2) is 25.7 Å². The van der Waals surface area contributed by atoms with Crippen molar-refractivity contribution in [2.45, 2.75) is 16.1 Å². The SMILES string of the molecule is CC(OS(=O)(=O)O)(Sc1ccccc1)S(N)(=O)=O. The van der Waals surface area contributed by atoms with Gasteiger partial charge in [-0.05, 0) is 19.1 Å². The topological polar surface area (TPSA) is 124 Å². The lowest BCUT2D eigenvalue weighted by Gasteiger charge is -2.24. The Morgan fingerprint density at radius 2 is 1.72 bits per heavy atom. The summed E-state index contributed by atoms with van der Waals surface area (Å²) < 4.78 is 54.6. The molecular formula is C8H11NO6S3. The second-order valence-electron chi connectivity index (χ2n) is 3.33. The van der Waals surface area contributed by atoms with Crippen molar-refractivity contribution in [3.05, 3.63) is 30.3 Å². The third kappa shape index (κ3) is 4.23. The predicted octanol–water partition coefficient (Wildman–Crippen LogP) is 0.560. The van der Waals surface area contributed by atoms with Gasteiger partial charge in [-0.25, -0.2) is 17.7 Å². The van der Waals surface area contributed by atoms with Crippen LogP contribution in [0.5, 0.6) is 0 Å². The van der Waals surface area contributed by atoms with Crippen LogP contribution in [-0.2, 0) is 24.6 Å². The van der Waals surface area contributed by atoms with E-state index in [1.54, 1.807) is 30.3 Å². The van der Waals surface area contributed by atoms with Crippen molar-refractivity contribution >= 4 is 32.2 Å². The Balaban J connectivity index is 3.15. The minimum atomic E-state index is -4.97. The zero-order chi connectivity index (χ0) is 14.0. The van der Waals surface area contributed by atoms with Gasteiger partial charge in [-0.1, -0.05) is 30.0 Å². The molecule has 0 saturated carbocycles. The summed E-state index contributed by atoms with van der Waals surface area (Å²) in [7, 11) is -9.36. The summed E-state index contributed by atoms with van der Waals surface area (Å²) in [5, 5.41) is 4.92. The molecule has 0 bridgehead atoms. The first kappa shape index (κ1) is 15.4. The summed E-state index contributed by atoms with van der Waals surface area (Å²) in [5.74, 6) is 0. The molecule has 0 heterocycles. The summed E-state index contributed by atoms with van der Waals surface area (Å²) in [6, 6.07) is 8.03. The molecule has 1 aromatic rings. The molecule has 10 heteroatoms. The van der Waals surface area contributed by atoms with Crippen molar-refractivity contribution in [1.29, 1.82) is 0 Å². The lowest BCUT2D eigenvalue weighted by molar-refractivity contribution is 0.228. The van der Waals surface area contributed by atoms with E-state index >= 15 is 0 Å². The van der Waals surface area contributed by atoms with E-state index < -0.39 is 24.7 Å². The van der Waals surface area contributed by atoms with Gasteiger partial charge in [0.1, 0.15) is 0 Å². The van der Waals surface area contributed by atoms with Crippen molar-refractivity contribution in [2.24, 2.45) is 5.14 Å². The Labute approximate surface area is 109 Å². The van der Waals surface area contributed by atoms with E-state index in [9.17, 15) is 16.8 Å². The predicted molar refractivity (Wildman–Crippen MR) is 66.4 cm³/mol. The quantitative estimate of drug-likeness (QED) is 0.462. The smallest absolute Gasteiger partial charge is 0.263 e. The maximum atomic E-state index is 11.4. The van der Waals surface area contributed by atoms with E-state index in [-0.39, 0.29) is 0 Å². The van der Waals surface area contributed by atoms with Crippen LogP contribution in [0.4, 0.5) is 0 Å². The maximum Gasteiger partial charge on any atom is 0.399 e. The third-order valence-electron chi connectivity index (χ3n) is 1.82. The maximum absolute atomic E-state index is 11.4. The van der Waals surface area contributed by atoms with Crippen molar-refractivity contribution in [1.82, 2.24) is 0 Å². The number of nitrogens with two attached hydrogens (primary N) is 1. The molecule has 1 atom stereocenters. The van der Waals surface area contributed by atoms with Crippen LogP contribution in [0.25, 0.3) is 0 Å². The second kappa shape index (κ2) is 5.15. The van der Waals surface area contributed by atoms with Gasteiger partial charge in [0.05, 0.1) is 0 Å². The van der Waals surface area contributed by atoms with Crippen molar-refractivity contribution in [3.63, 3.8) is 0 Å². The lowest BCUT2D eigenvalue weighted by Crippen LogP contribution is -2.41. The van der Waals surface area contributed by atoms with Crippen LogP contribution in [0, 0.1) is 0 Å². The third-order valence-corrected chi connectivity index (χ3v) is 5.60. The van der Waals surface area contributed by atoms with E-state index in [0.717, 1.165) is 6.92 Å². The van der Waals surface area contributed by atoms with Crippen molar-refractivity contribution in [3.8, 4) is 0 Å². The fraction of sp³-hybridized carbons (Fsp3) is 0.250. The minimum absolute atomic E-state index is 0.415. The molecule has 0 aliphatic rings. The molecule has 1 rings (SSSR count). The molecule has 102 valence electrons. The molecule has 7 nitrogen and oxygen atoms in total. The summed E-state index contributed by atoms with van der Waals surface area (Å²) in [5.41, 5.74) is 0. The van der Waals surface area contributed by atoms with Gasteiger partial charge in [0.2, 0.25) is 0 Å². The van der Waals surface area contributed by atoms with Crippen LogP contribution in [0.15, 0.2) is 35.2 Å². The molecule has 0 aliphatic carbocycles. The minimum Gasteiger partial charge on any atom is -0.263 e. The molecule has 0 amide bonds. The van der Waals surface area contributed by atoms with Gasteiger partial charge < -0.3 is 0 Å². The Kier molecular flexibility index (Phi) is 4.41. The van der Waals surface area contributed by atoms with Crippen LogP contribution < -0.4 is 5.14 Å². The van der Waals surface area contributed by atoms with Gasteiger partial charge in [-0.2, -0.15) is 8.42 Å². The molecule has 0 fully saturated rings. The highest BCUT2D eigenvalue weighted by Crippen LogP contribution is 2.37. The average Bonchev–Trinajstić information content (AvgIpc) is 2.14. The molecule has 0 radical (unpaired) electrons. The molecule has 1 aromatic carbocycles. The molecule has 3 N–H and O–H groups in total. The van der Waals surface area contributed by atoms with E-state index in [2.05, 4.69) is 4.18 Å². The summed E-state index contributed by atoms with van der Waals surface area (Å²) in [4.78, 5) is 0.415. The highest BCUT2D eigenvalue weighted by molar-refractivity contribution is 8.14. The molecule has 0 saturated heterocycles. The van der Waals surface area contributed by atoms with Gasteiger partial charge in [-0.3, -0.25) is 4.55 Å². The number of hydrogen-bond donors (Lipinski definition) is 2. The van der Waals surface area contributed by atoms with Crippen LogP contribution in [0.2, 0.25) is 0 Å². The fourth-order valence-corrected chi connectivity index (χ4v) is 3.91. The van der Waals surface area contributed by atoms with E-state index in [1.165, 1.54) is 0 Å². The number of benzene rings is 1. The Bertz CT molecular complexity index is 611. The Hall–Kier alpha value is -0.650. The van der Waals surface area contributed by atoms with Gasteiger partial charge in [0.25, 0.3) is 14.3 Å². The lowest BCUT2D eigenvalue weighted by atomic mass is 10.4. The van der Waals surface area contributed by atoms with Crippen LogP contribution in [0.1, 0.15) is 6.92 Å². The first-order chi connectivity index (χ1) is 8.04. The van der Waals surface area contributed by atoms with Gasteiger partial charge >= 0.3 is 10.4 Å². The first-order valence-electron chi connectivity index (χ1n) is 4.48. The van der Waals surface area contributed by atoms with E-state index in [4.69, 9.17) is 9.69 Å². The molecular weight excluding hydrogens is 302 g/mol. The number of sulfonamides is 1. The Morgan fingerprint density at radius 3 is 2.11 bits per heavy atom. The van der Waals surface area contributed by atoms with E-state index in [0.29, 0.717) is 16.7 Å². The van der Waals surface area contributed by atoms with Crippen LogP contribution in [0.3, 0.4) is 0 Å². The standard InChI is InChI=1S/C8H11NO6S3/c1-8(17(9,10)11,15-18(12,13)14)16-7-5-3-2-4-6-7/h2-6H,1H3,(H2,9,10,11)(H,12,13,14). The van der Waals surface area contributed by atoms with Gasteiger partial charge in [0, 0.05) is 4.90 Å². The monoisotopic (exact) mass is 313 g/mol. The van der Waals surface area contributed by atoms with Crippen LogP contribution >= 0.6 is 11.8 Å². The Morgan fingerprint density at radius 1 is 1.22 bits per heavy atom. The number of primary sulfonamides is 1. The molecule has 0 spiro atoms. The summed E-state index contributed by atoms with van der Waals surface area (Å²) in [6.07, 6.45) is 0. The normalized spacial score (nSPS) is 16.2. The van der Waals surface area contributed by atoms with Gasteiger partial charge in [0.15, 0.2) is 0 Å². The molecule has 18 heavy (non-hydrogen) atoms. The molecule has 0 aliphatic heterocycles. The zero-order valence-corrected chi connectivity index (χ0v) is 11.6. The highest BCUT2D eigenvalue weighted by Gasteiger charge is 2.43. The number of rotatable bonds is 5. The van der Waals surface area contributed by atoms with Crippen molar-refractivity contribution in [2.75, 3.05) is 0 Å². The van der Waals surface area contributed by atoms with E-state index in [1.807, 2.05) is 0 Å². The fourth-order valence-electron chi connectivity index (χ4n) is 1.02. The largest absolute Gasteiger partial charge is 0.399 e. The second-order valence-corrected chi connectivity index (χ2v) is 7.94. The average molecular weight is 313 g/mol. The first-order valence-corrected chi connectivity index (χ1v) is 8.21. The highest BCUT2D eigenvalue weighted by atomic mass is 32.3. The summed E-state index contributed by atoms with van der Waals surface area (Å²) >= 11 is 0.550. The van der Waals surface area contributed by atoms with Gasteiger partial charge in [-0.15, -0.1) is 0 Å². The number of hydrogen-bond acceptors (Lipinski definition) is 6. The van der Waals surface area contributed by atoms with Crippen molar-refractivity contribution < 1.29 is 25.6 Å².